The number of carboxylic acid groups (broad SMARTS) is 1. The molecule has 0 aromatic carbocycles. The van der Waals surface area contributed by atoms with Crippen LogP contribution in [0.1, 0.15) is 6.92 Å². The fourth-order valence-corrected chi connectivity index (χ4v) is 0.668. The highest BCUT2D eigenvalue weighted by Gasteiger charge is 2.05. The molecular weight excluding hydrogens is 208 g/mol. The molecule has 0 spiro atoms. The molecule has 0 fully saturated rings. The summed E-state index contributed by atoms with van der Waals surface area (Å²) in [6.45, 7) is 0.719. The Morgan fingerprint density at radius 1 is 1.53 bits per heavy atom. The van der Waals surface area contributed by atoms with E-state index >= 15 is 0 Å². The summed E-state index contributed by atoms with van der Waals surface area (Å²) in [6.07, 6.45) is 0.0636. The molecule has 0 aliphatic carbocycles. The fraction of sp³-hybridized carbons (Fsp3) is 0.333. The molecule has 4 nitrogen and oxygen atoms in total. The minimum atomic E-state index is -2.61. The zero-order valence-electron chi connectivity index (χ0n) is 8.02. The van der Waals surface area contributed by atoms with Crippen molar-refractivity contribution in [3.05, 3.63) is 23.5 Å². The summed E-state index contributed by atoms with van der Waals surface area (Å²) in [4.78, 5) is 13.8. The number of halogens is 2. The van der Waals surface area contributed by atoms with Crippen LogP contribution in [0.5, 0.6) is 0 Å². The summed E-state index contributed by atoms with van der Waals surface area (Å²) in [7, 11) is 0. The number of carbonyl (C=O) groups is 1. The lowest BCUT2D eigenvalue weighted by Crippen LogP contribution is -2.04. The SMILES string of the molecule is CC(=C\O)/C=C(\C=N/CC(F)F)C(=O)O. The van der Waals surface area contributed by atoms with Crippen molar-refractivity contribution < 1.29 is 23.8 Å². The van der Waals surface area contributed by atoms with E-state index in [1.54, 1.807) is 0 Å². The maximum Gasteiger partial charge on any atom is 0.337 e. The van der Waals surface area contributed by atoms with Crippen molar-refractivity contribution in [3.8, 4) is 0 Å². The highest BCUT2D eigenvalue weighted by atomic mass is 19.3. The van der Waals surface area contributed by atoms with Gasteiger partial charge in [-0.05, 0) is 18.6 Å². The van der Waals surface area contributed by atoms with Crippen molar-refractivity contribution in [2.75, 3.05) is 6.54 Å². The first-order chi connectivity index (χ1) is 6.97. The molecule has 0 atom stereocenters. The van der Waals surface area contributed by atoms with Gasteiger partial charge in [0, 0.05) is 6.21 Å². The minimum Gasteiger partial charge on any atom is -0.515 e. The molecule has 0 aliphatic heterocycles. The third kappa shape index (κ3) is 6.36. The number of alkyl halides is 2. The van der Waals surface area contributed by atoms with Gasteiger partial charge < -0.3 is 10.2 Å². The lowest BCUT2D eigenvalue weighted by atomic mass is 10.2. The Morgan fingerprint density at radius 2 is 2.13 bits per heavy atom. The topological polar surface area (TPSA) is 69.9 Å². The van der Waals surface area contributed by atoms with E-state index < -0.39 is 18.9 Å². The first-order valence-electron chi connectivity index (χ1n) is 4.01. The summed E-state index contributed by atoms with van der Waals surface area (Å²) in [5, 5.41) is 17.1. The van der Waals surface area contributed by atoms with Crippen molar-refractivity contribution in [2.24, 2.45) is 4.99 Å². The summed E-state index contributed by atoms with van der Waals surface area (Å²) >= 11 is 0. The number of carboxylic acids is 1. The van der Waals surface area contributed by atoms with Crippen LogP contribution in [0.4, 0.5) is 8.78 Å². The van der Waals surface area contributed by atoms with Crippen LogP contribution in [0.25, 0.3) is 0 Å². The van der Waals surface area contributed by atoms with Crippen molar-refractivity contribution in [1.29, 1.82) is 0 Å². The van der Waals surface area contributed by atoms with E-state index in [0.29, 0.717) is 6.26 Å². The summed E-state index contributed by atoms with van der Waals surface area (Å²) in [5.74, 6) is -1.30. The van der Waals surface area contributed by atoms with Gasteiger partial charge in [0.05, 0.1) is 18.4 Å². The quantitative estimate of drug-likeness (QED) is 0.320. The van der Waals surface area contributed by atoms with E-state index in [-0.39, 0.29) is 11.1 Å². The largest absolute Gasteiger partial charge is 0.515 e. The van der Waals surface area contributed by atoms with Crippen molar-refractivity contribution in [3.63, 3.8) is 0 Å². The molecule has 6 heteroatoms. The van der Waals surface area contributed by atoms with Gasteiger partial charge in [-0.2, -0.15) is 0 Å². The van der Waals surface area contributed by atoms with Gasteiger partial charge in [0.25, 0.3) is 6.43 Å². The van der Waals surface area contributed by atoms with E-state index in [2.05, 4.69) is 4.99 Å². The number of rotatable bonds is 5. The van der Waals surface area contributed by atoms with Gasteiger partial charge in [-0.1, -0.05) is 0 Å². The van der Waals surface area contributed by atoms with Gasteiger partial charge in [-0.3, -0.25) is 4.99 Å². The predicted octanol–water partition coefficient (Wildman–Crippen LogP) is 1.80. The van der Waals surface area contributed by atoms with Crippen LogP contribution in [-0.4, -0.2) is 35.4 Å². The number of allylic oxidation sites excluding steroid dienone is 2. The van der Waals surface area contributed by atoms with E-state index in [4.69, 9.17) is 10.2 Å². The highest BCUT2D eigenvalue weighted by molar-refractivity contribution is 6.08. The molecule has 84 valence electrons. The van der Waals surface area contributed by atoms with Gasteiger partial charge in [0.1, 0.15) is 0 Å². The maximum atomic E-state index is 11.7. The van der Waals surface area contributed by atoms with Gasteiger partial charge in [0.2, 0.25) is 0 Å². The highest BCUT2D eigenvalue weighted by Crippen LogP contribution is 2.00. The van der Waals surface area contributed by atoms with Crippen molar-refractivity contribution >= 4 is 12.2 Å². The standard InChI is InChI=1S/C9H11F2NO3/c1-6(5-13)2-7(9(14)15)3-12-4-8(10)11/h2-3,5,8,13H,4H2,1H3,(H,14,15)/b6-5+,7-2+,12-3-. The molecule has 0 rings (SSSR count). The minimum absolute atomic E-state index is 0.265. The Morgan fingerprint density at radius 3 is 2.53 bits per heavy atom. The lowest BCUT2D eigenvalue weighted by Gasteiger charge is -1.95. The molecule has 0 saturated carbocycles. The van der Waals surface area contributed by atoms with Crippen LogP contribution in [0.15, 0.2) is 28.5 Å². The molecular formula is C9H11F2NO3. The van der Waals surface area contributed by atoms with E-state index in [9.17, 15) is 13.6 Å². The van der Waals surface area contributed by atoms with Crippen molar-refractivity contribution in [2.45, 2.75) is 13.3 Å². The predicted molar refractivity (Wildman–Crippen MR) is 51.5 cm³/mol. The smallest absolute Gasteiger partial charge is 0.337 e. The number of hydrogen-bond acceptors (Lipinski definition) is 3. The van der Waals surface area contributed by atoms with Crippen LogP contribution in [0.3, 0.4) is 0 Å². The Balaban J connectivity index is 4.63. The molecule has 0 unspecified atom stereocenters. The van der Waals surface area contributed by atoms with E-state index in [1.807, 2.05) is 0 Å². The molecule has 15 heavy (non-hydrogen) atoms. The number of aliphatic hydroxyl groups is 1. The molecule has 0 bridgehead atoms. The van der Waals surface area contributed by atoms with Crippen LogP contribution < -0.4 is 0 Å². The Hall–Kier alpha value is -1.72. The van der Waals surface area contributed by atoms with Crippen molar-refractivity contribution in [1.82, 2.24) is 0 Å². The maximum absolute atomic E-state index is 11.7. The van der Waals surface area contributed by atoms with Crippen LogP contribution in [-0.2, 0) is 4.79 Å². The molecule has 0 saturated heterocycles. The lowest BCUT2D eigenvalue weighted by molar-refractivity contribution is -0.132. The average Bonchev–Trinajstić information content (AvgIpc) is 2.15. The van der Waals surface area contributed by atoms with E-state index in [0.717, 1.165) is 12.3 Å². The van der Waals surface area contributed by atoms with E-state index in [1.165, 1.54) is 6.92 Å². The molecule has 2 N–H and O–H groups in total. The van der Waals surface area contributed by atoms with Crippen LogP contribution >= 0.6 is 0 Å². The summed E-state index contributed by atoms with van der Waals surface area (Å²) < 4.78 is 23.4. The zero-order chi connectivity index (χ0) is 11.8. The number of nitrogens with zero attached hydrogens (tertiary/aromatic N) is 1. The number of aliphatic imine (C=N–C) groups is 1. The Bertz CT molecular complexity index is 308. The number of aliphatic carboxylic acids is 1. The summed E-state index contributed by atoms with van der Waals surface area (Å²) in [6, 6.07) is 0. The van der Waals surface area contributed by atoms with Crippen LogP contribution in [0, 0.1) is 0 Å². The second kappa shape index (κ2) is 6.69. The van der Waals surface area contributed by atoms with Crippen LogP contribution in [0.2, 0.25) is 0 Å². The molecule has 0 aromatic rings. The third-order valence-corrected chi connectivity index (χ3v) is 1.31. The average molecular weight is 219 g/mol. The van der Waals surface area contributed by atoms with Gasteiger partial charge in [-0.25, -0.2) is 13.6 Å². The molecule has 0 heterocycles. The number of hydrogen-bond donors (Lipinski definition) is 2. The second-order valence-corrected chi connectivity index (χ2v) is 2.66. The van der Waals surface area contributed by atoms with Gasteiger partial charge >= 0.3 is 5.97 Å². The molecule has 0 aromatic heterocycles. The first-order valence-corrected chi connectivity index (χ1v) is 4.01. The molecule has 0 aliphatic rings. The first kappa shape index (κ1) is 13.3. The molecule has 0 amide bonds. The summed E-state index contributed by atoms with van der Waals surface area (Å²) in [5.41, 5.74) is 0.0225. The Labute approximate surface area is 85.3 Å². The zero-order valence-corrected chi connectivity index (χ0v) is 8.02. The van der Waals surface area contributed by atoms with Gasteiger partial charge in [-0.15, -0.1) is 0 Å². The monoisotopic (exact) mass is 219 g/mol. The third-order valence-electron chi connectivity index (χ3n) is 1.31. The van der Waals surface area contributed by atoms with Gasteiger partial charge in [0.15, 0.2) is 0 Å². The number of aliphatic hydroxyl groups excluding tert-OH is 1. The fourth-order valence-electron chi connectivity index (χ4n) is 0.668. The normalized spacial score (nSPS) is 13.9. The Kier molecular flexibility index (Phi) is 5.92. The second-order valence-electron chi connectivity index (χ2n) is 2.66. The molecule has 0 radical (unpaired) electrons.